The first-order chi connectivity index (χ1) is 8.13. The van der Waals surface area contributed by atoms with Crippen LogP contribution in [0.15, 0.2) is 6.07 Å². The number of aryl methyl sites for hydroxylation is 1. The molecule has 2 rings (SSSR count). The normalized spacial score (nSPS) is 24.3. The van der Waals surface area contributed by atoms with Crippen molar-refractivity contribution >= 4 is 11.6 Å². The highest BCUT2D eigenvalue weighted by Crippen LogP contribution is 2.22. The summed E-state index contributed by atoms with van der Waals surface area (Å²) in [6.45, 7) is 3.34. The van der Waals surface area contributed by atoms with E-state index in [9.17, 15) is 0 Å². The molecule has 0 spiro atoms. The predicted molar refractivity (Wildman–Crippen MR) is 65.0 cm³/mol. The molecule has 2 N–H and O–H groups in total. The monoisotopic (exact) mass is 238 g/mol. The topological polar surface area (TPSA) is 73.5 Å². The fraction of sp³-hybridized carbons (Fsp3) is 0.636. The van der Waals surface area contributed by atoms with Gasteiger partial charge < -0.3 is 20.1 Å². The highest BCUT2D eigenvalue weighted by molar-refractivity contribution is 5.48. The number of ether oxygens (including phenoxy) is 2. The molecule has 0 amide bonds. The first-order valence-electron chi connectivity index (χ1n) is 5.55. The van der Waals surface area contributed by atoms with Crippen molar-refractivity contribution in [3.8, 4) is 0 Å². The van der Waals surface area contributed by atoms with Crippen LogP contribution in [0.4, 0.5) is 11.6 Å². The summed E-state index contributed by atoms with van der Waals surface area (Å²) in [5.41, 5.74) is 5.72. The molecule has 1 saturated heterocycles. The zero-order valence-corrected chi connectivity index (χ0v) is 10.4. The van der Waals surface area contributed by atoms with Crippen molar-refractivity contribution in [1.29, 1.82) is 0 Å². The van der Waals surface area contributed by atoms with Crippen LogP contribution in [0, 0.1) is 6.92 Å². The number of nitrogens with two attached hydrogens (primary N) is 1. The zero-order valence-electron chi connectivity index (χ0n) is 10.4. The van der Waals surface area contributed by atoms with Crippen LogP contribution >= 0.6 is 0 Å². The lowest BCUT2D eigenvalue weighted by Gasteiger charge is -2.17. The number of nitrogen functional groups attached to an aromatic ring is 1. The fourth-order valence-corrected chi connectivity index (χ4v) is 2.12. The average Bonchev–Trinajstić information content (AvgIpc) is 2.70. The lowest BCUT2D eigenvalue weighted by Crippen LogP contribution is -2.27. The van der Waals surface area contributed by atoms with E-state index in [4.69, 9.17) is 15.2 Å². The van der Waals surface area contributed by atoms with E-state index in [-0.39, 0.29) is 12.2 Å². The van der Waals surface area contributed by atoms with Crippen molar-refractivity contribution in [1.82, 2.24) is 9.97 Å². The maximum atomic E-state index is 5.72. The number of hydrogen-bond donors (Lipinski definition) is 1. The van der Waals surface area contributed by atoms with Gasteiger partial charge in [0.1, 0.15) is 29.7 Å². The van der Waals surface area contributed by atoms with E-state index >= 15 is 0 Å². The van der Waals surface area contributed by atoms with Gasteiger partial charge in [0.25, 0.3) is 0 Å². The minimum absolute atomic E-state index is 0.0662. The largest absolute Gasteiger partial charge is 0.384 e. The van der Waals surface area contributed by atoms with Crippen molar-refractivity contribution in [2.75, 3.05) is 37.9 Å². The Balaban J connectivity index is 2.18. The Kier molecular flexibility index (Phi) is 3.44. The van der Waals surface area contributed by atoms with Crippen molar-refractivity contribution in [3.05, 3.63) is 11.9 Å². The van der Waals surface area contributed by atoms with Gasteiger partial charge in [-0.3, -0.25) is 0 Å². The molecule has 2 unspecified atom stereocenters. The summed E-state index contributed by atoms with van der Waals surface area (Å²) < 4.78 is 10.8. The van der Waals surface area contributed by atoms with Crippen LogP contribution in [-0.2, 0) is 9.47 Å². The smallest absolute Gasteiger partial charge is 0.134 e. The second-order valence-electron chi connectivity index (χ2n) is 4.15. The Morgan fingerprint density at radius 3 is 2.29 bits per heavy atom. The van der Waals surface area contributed by atoms with Crippen LogP contribution in [0.5, 0.6) is 0 Å². The molecule has 1 aliphatic rings. The quantitative estimate of drug-likeness (QED) is 0.812. The first-order valence-corrected chi connectivity index (χ1v) is 5.55. The Labute approximate surface area is 101 Å². The van der Waals surface area contributed by atoms with E-state index in [1.165, 1.54) is 0 Å². The molecule has 0 saturated carbocycles. The van der Waals surface area contributed by atoms with E-state index < -0.39 is 0 Å². The molecule has 0 radical (unpaired) electrons. The van der Waals surface area contributed by atoms with E-state index in [1.807, 2.05) is 6.92 Å². The fourth-order valence-electron chi connectivity index (χ4n) is 2.12. The standard InChI is InChI=1S/C11H18N4O2/c1-7-13-10(12)4-11(14-7)15-5-8(16-2)9(6-15)17-3/h4,8-9H,5-6H2,1-3H3,(H2,12,13,14). The van der Waals surface area contributed by atoms with Crippen molar-refractivity contribution in [2.24, 2.45) is 0 Å². The van der Waals surface area contributed by atoms with Gasteiger partial charge in [-0.1, -0.05) is 0 Å². The van der Waals surface area contributed by atoms with Gasteiger partial charge in [0.15, 0.2) is 0 Å². The van der Waals surface area contributed by atoms with Gasteiger partial charge in [-0.15, -0.1) is 0 Å². The van der Waals surface area contributed by atoms with Crippen molar-refractivity contribution in [2.45, 2.75) is 19.1 Å². The van der Waals surface area contributed by atoms with Crippen LogP contribution in [0.1, 0.15) is 5.82 Å². The lowest BCUT2D eigenvalue weighted by molar-refractivity contribution is -0.00461. The number of aromatic nitrogens is 2. The minimum Gasteiger partial charge on any atom is -0.384 e. The average molecular weight is 238 g/mol. The van der Waals surface area contributed by atoms with Crippen LogP contribution in [0.2, 0.25) is 0 Å². The zero-order chi connectivity index (χ0) is 12.4. The van der Waals surface area contributed by atoms with Gasteiger partial charge in [0, 0.05) is 33.4 Å². The summed E-state index contributed by atoms with van der Waals surface area (Å²) in [7, 11) is 3.39. The number of methoxy groups -OCH3 is 2. The van der Waals surface area contributed by atoms with Gasteiger partial charge in [0.05, 0.1) is 0 Å². The molecule has 1 fully saturated rings. The molecule has 1 aromatic heterocycles. The van der Waals surface area contributed by atoms with E-state index in [1.54, 1.807) is 20.3 Å². The second-order valence-corrected chi connectivity index (χ2v) is 4.15. The Bertz CT molecular complexity index is 367. The lowest BCUT2D eigenvalue weighted by atomic mass is 10.3. The molecule has 2 heterocycles. The maximum absolute atomic E-state index is 5.72. The maximum Gasteiger partial charge on any atom is 0.134 e. The summed E-state index contributed by atoms with van der Waals surface area (Å²) in [6.07, 6.45) is 0.132. The molecule has 1 aromatic rings. The van der Waals surface area contributed by atoms with Gasteiger partial charge in [0.2, 0.25) is 0 Å². The Morgan fingerprint density at radius 2 is 1.82 bits per heavy atom. The van der Waals surface area contributed by atoms with Crippen LogP contribution < -0.4 is 10.6 Å². The molecule has 6 heteroatoms. The summed E-state index contributed by atoms with van der Waals surface area (Å²) in [6, 6.07) is 1.78. The molecule has 17 heavy (non-hydrogen) atoms. The molecular weight excluding hydrogens is 220 g/mol. The van der Waals surface area contributed by atoms with Gasteiger partial charge in [-0.05, 0) is 6.92 Å². The molecule has 0 bridgehead atoms. The van der Waals surface area contributed by atoms with Crippen LogP contribution in [0.3, 0.4) is 0 Å². The third kappa shape index (κ3) is 2.48. The SMILES string of the molecule is COC1CN(c2cc(N)nc(C)n2)CC1OC. The Morgan fingerprint density at radius 1 is 1.24 bits per heavy atom. The van der Waals surface area contributed by atoms with Crippen molar-refractivity contribution in [3.63, 3.8) is 0 Å². The Hall–Kier alpha value is -1.40. The molecule has 6 nitrogen and oxygen atoms in total. The highest BCUT2D eigenvalue weighted by atomic mass is 16.5. The van der Waals surface area contributed by atoms with Gasteiger partial charge >= 0.3 is 0 Å². The molecule has 94 valence electrons. The molecule has 0 aromatic carbocycles. The number of anilines is 2. The third-order valence-electron chi connectivity index (χ3n) is 2.99. The molecule has 1 aliphatic heterocycles. The number of hydrogen-bond acceptors (Lipinski definition) is 6. The van der Waals surface area contributed by atoms with Crippen LogP contribution in [-0.4, -0.2) is 49.5 Å². The van der Waals surface area contributed by atoms with Gasteiger partial charge in [-0.25, -0.2) is 9.97 Å². The summed E-state index contributed by atoms with van der Waals surface area (Å²) in [5.74, 6) is 1.99. The predicted octanol–water partition coefficient (Wildman–Crippen LogP) is 0.217. The van der Waals surface area contributed by atoms with Gasteiger partial charge in [-0.2, -0.15) is 0 Å². The number of nitrogens with zero attached hydrogens (tertiary/aromatic N) is 3. The highest BCUT2D eigenvalue weighted by Gasteiger charge is 2.33. The molecule has 2 atom stereocenters. The second kappa shape index (κ2) is 4.85. The molecular formula is C11H18N4O2. The van der Waals surface area contributed by atoms with E-state index in [0.29, 0.717) is 11.6 Å². The van der Waals surface area contributed by atoms with E-state index in [0.717, 1.165) is 18.9 Å². The first kappa shape index (κ1) is 12.1. The van der Waals surface area contributed by atoms with Crippen LogP contribution in [0.25, 0.3) is 0 Å². The number of rotatable bonds is 3. The summed E-state index contributed by atoms with van der Waals surface area (Å²) >= 11 is 0. The third-order valence-corrected chi connectivity index (χ3v) is 2.99. The summed E-state index contributed by atoms with van der Waals surface area (Å²) in [4.78, 5) is 10.5. The van der Waals surface area contributed by atoms with E-state index in [2.05, 4.69) is 14.9 Å². The molecule has 0 aliphatic carbocycles. The summed E-state index contributed by atoms with van der Waals surface area (Å²) in [5, 5.41) is 0. The van der Waals surface area contributed by atoms with Crippen molar-refractivity contribution < 1.29 is 9.47 Å². The minimum atomic E-state index is 0.0662.